The highest BCUT2D eigenvalue weighted by Gasteiger charge is 2.29. The number of halogens is 2. The van der Waals surface area contributed by atoms with E-state index >= 15 is 0 Å². The van der Waals surface area contributed by atoms with Gasteiger partial charge in [0.15, 0.2) is 5.69 Å². The van der Waals surface area contributed by atoms with Gasteiger partial charge in [0.1, 0.15) is 0 Å². The fraction of sp³-hybridized carbons (Fsp3) is 0.812. The fourth-order valence-electron chi connectivity index (χ4n) is 3.59. The summed E-state index contributed by atoms with van der Waals surface area (Å²) < 4.78 is 1.89. The zero-order valence-corrected chi connectivity index (χ0v) is 16.1. The summed E-state index contributed by atoms with van der Waals surface area (Å²) in [5.41, 5.74) is 0.499. The highest BCUT2D eigenvalue weighted by atomic mass is 35.5. The topological polar surface area (TPSA) is 66.3 Å². The maximum absolute atomic E-state index is 12.6. The normalized spacial score (nSPS) is 22.2. The summed E-state index contributed by atoms with van der Waals surface area (Å²) in [6.07, 6.45) is 6.72. The van der Waals surface area contributed by atoms with Crippen molar-refractivity contribution >= 4 is 30.7 Å². The lowest BCUT2D eigenvalue weighted by atomic mass is 10.1. The van der Waals surface area contributed by atoms with Crippen molar-refractivity contribution < 1.29 is 4.79 Å². The van der Waals surface area contributed by atoms with Gasteiger partial charge in [0.05, 0.1) is 12.2 Å². The van der Waals surface area contributed by atoms with E-state index in [4.69, 9.17) is 0 Å². The number of nitrogens with zero attached hydrogens (tertiary/aromatic N) is 5. The number of nitrogens with one attached hydrogen (secondary N) is 1. The first-order valence-electron chi connectivity index (χ1n) is 8.94. The number of amides is 1. The van der Waals surface area contributed by atoms with Crippen LogP contribution in [-0.4, -0.2) is 76.5 Å². The molecule has 7 nitrogen and oxygen atoms in total. The lowest BCUT2D eigenvalue weighted by Crippen LogP contribution is -2.49. The van der Waals surface area contributed by atoms with Gasteiger partial charge in [-0.2, -0.15) is 0 Å². The molecule has 0 atom stereocenters. The van der Waals surface area contributed by atoms with Crippen LogP contribution in [0.15, 0.2) is 6.20 Å². The second-order valence-electron chi connectivity index (χ2n) is 7.10. The van der Waals surface area contributed by atoms with Crippen molar-refractivity contribution in [3.8, 4) is 0 Å². The molecule has 25 heavy (non-hydrogen) atoms. The molecule has 1 aliphatic carbocycles. The Bertz CT molecular complexity index is 551. The van der Waals surface area contributed by atoms with Crippen LogP contribution in [0.5, 0.6) is 0 Å². The van der Waals surface area contributed by atoms with Crippen LogP contribution in [0.1, 0.15) is 42.2 Å². The van der Waals surface area contributed by atoms with E-state index in [2.05, 4.69) is 20.5 Å². The number of hydrogen-bond donors (Lipinski definition) is 1. The summed E-state index contributed by atoms with van der Waals surface area (Å²) in [7, 11) is 0. The molecule has 4 rings (SSSR count). The Morgan fingerprint density at radius 2 is 1.76 bits per heavy atom. The number of rotatable bonds is 4. The van der Waals surface area contributed by atoms with Crippen LogP contribution in [0.2, 0.25) is 0 Å². The number of piperazine rings is 1. The van der Waals surface area contributed by atoms with Crippen LogP contribution < -0.4 is 5.32 Å². The Labute approximate surface area is 161 Å². The molecule has 142 valence electrons. The molecule has 1 amide bonds. The van der Waals surface area contributed by atoms with Crippen molar-refractivity contribution in [2.75, 3.05) is 45.8 Å². The van der Waals surface area contributed by atoms with Crippen molar-refractivity contribution in [2.24, 2.45) is 5.92 Å². The molecule has 0 radical (unpaired) electrons. The van der Waals surface area contributed by atoms with Gasteiger partial charge in [-0.05, 0) is 44.7 Å². The highest BCUT2D eigenvalue weighted by Crippen LogP contribution is 2.30. The first-order chi connectivity index (χ1) is 11.3. The minimum atomic E-state index is 0. The van der Waals surface area contributed by atoms with Crippen LogP contribution in [-0.2, 0) is 0 Å². The first-order valence-corrected chi connectivity index (χ1v) is 8.94. The summed E-state index contributed by atoms with van der Waals surface area (Å²) in [5.74, 6) is 0.957. The maximum Gasteiger partial charge on any atom is 0.276 e. The molecule has 3 heterocycles. The molecule has 1 N–H and O–H groups in total. The number of hydrogen-bond acceptors (Lipinski definition) is 5. The quantitative estimate of drug-likeness (QED) is 0.836. The SMILES string of the molecule is Cl.Cl.O=C(c1cn(C2CCNCC2)nn1)N1CCN(CC2CC2)CC1. The van der Waals surface area contributed by atoms with Gasteiger partial charge in [0.2, 0.25) is 0 Å². The van der Waals surface area contributed by atoms with E-state index in [0.29, 0.717) is 11.7 Å². The monoisotopic (exact) mass is 390 g/mol. The van der Waals surface area contributed by atoms with Crippen molar-refractivity contribution in [1.82, 2.24) is 30.1 Å². The average Bonchev–Trinajstić information content (AvgIpc) is 3.27. The van der Waals surface area contributed by atoms with Crippen LogP contribution in [0.3, 0.4) is 0 Å². The van der Waals surface area contributed by atoms with Gasteiger partial charge in [0, 0.05) is 32.7 Å². The summed E-state index contributed by atoms with van der Waals surface area (Å²) in [6.45, 7) is 6.84. The largest absolute Gasteiger partial charge is 0.335 e. The van der Waals surface area contributed by atoms with E-state index in [0.717, 1.165) is 58.0 Å². The van der Waals surface area contributed by atoms with E-state index in [1.165, 1.54) is 19.4 Å². The van der Waals surface area contributed by atoms with Gasteiger partial charge >= 0.3 is 0 Å². The third kappa shape index (κ3) is 5.06. The lowest BCUT2D eigenvalue weighted by molar-refractivity contribution is 0.0626. The molecule has 1 aromatic heterocycles. The molecule has 3 fully saturated rings. The molecule has 9 heteroatoms. The minimum Gasteiger partial charge on any atom is -0.335 e. The van der Waals surface area contributed by atoms with Gasteiger partial charge in [0.25, 0.3) is 5.91 Å². The van der Waals surface area contributed by atoms with Crippen molar-refractivity contribution in [3.63, 3.8) is 0 Å². The third-order valence-corrected chi connectivity index (χ3v) is 5.29. The number of aromatic nitrogens is 3. The predicted molar refractivity (Wildman–Crippen MR) is 101 cm³/mol. The molecule has 2 aliphatic heterocycles. The Balaban J connectivity index is 0.00000113. The van der Waals surface area contributed by atoms with E-state index in [9.17, 15) is 4.79 Å². The van der Waals surface area contributed by atoms with Crippen LogP contribution in [0.4, 0.5) is 0 Å². The second-order valence-corrected chi connectivity index (χ2v) is 7.10. The molecule has 2 saturated heterocycles. The molecule has 0 unspecified atom stereocenters. The third-order valence-electron chi connectivity index (χ3n) is 5.29. The molecule has 3 aliphatic rings. The molecule has 0 spiro atoms. The Hall–Kier alpha value is -0.890. The zero-order chi connectivity index (χ0) is 15.6. The van der Waals surface area contributed by atoms with Gasteiger partial charge in [-0.1, -0.05) is 5.21 Å². The molecular weight excluding hydrogens is 363 g/mol. The average molecular weight is 391 g/mol. The van der Waals surface area contributed by atoms with Crippen LogP contribution in [0.25, 0.3) is 0 Å². The van der Waals surface area contributed by atoms with Gasteiger partial charge in [-0.3, -0.25) is 9.69 Å². The predicted octanol–water partition coefficient (Wildman–Crippen LogP) is 1.21. The van der Waals surface area contributed by atoms with E-state index in [-0.39, 0.29) is 30.7 Å². The number of piperidine rings is 1. The van der Waals surface area contributed by atoms with Crippen LogP contribution in [0, 0.1) is 5.92 Å². The maximum atomic E-state index is 12.6. The Morgan fingerprint density at radius 3 is 2.40 bits per heavy atom. The second kappa shape index (κ2) is 9.16. The lowest BCUT2D eigenvalue weighted by Gasteiger charge is -2.34. The summed E-state index contributed by atoms with van der Waals surface area (Å²) >= 11 is 0. The molecular formula is C16H28Cl2N6O. The Morgan fingerprint density at radius 1 is 1.08 bits per heavy atom. The van der Waals surface area contributed by atoms with E-state index in [1.807, 2.05) is 15.8 Å². The highest BCUT2D eigenvalue weighted by molar-refractivity contribution is 5.92. The standard InChI is InChI=1S/C16H26N6O.2ClH/c23-16(21-9-7-20(8-10-21)11-13-1-2-13)15-12-22(19-18-15)14-3-5-17-6-4-14;;/h12-14,17H,1-11H2;2*1H. The molecule has 0 aromatic carbocycles. The summed E-state index contributed by atoms with van der Waals surface area (Å²) in [6, 6.07) is 0.376. The zero-order valence-electron chi connectivity index (χ0n) is 14.5. The van der Waals surface area contributed by atoms with Crippen molar-refractivity contribution in [1.29, 1.82) is 0 Å². The van der Waals surface area contributed by atoms with Gasteiger partial charge in [-0.15, -0.1) is 29.9 Å². The summed E-state index contributed by atoms with van der Waals surface area (Å²) in [5, 5.41) is 11.7. The van der Waals surface area contributed by atoms with Crippen LogP contribution >= 0.6 is 24.8 Å². The number of carbonyl (C=O) groups excluding carboxylic acids is 1. The molecule has 1 aromatic rings. The molecule has 0 bridgehead atoms. The van der Waals surface area contributed by atoms with E-state index < -0.39 is 0 Å². The van der Waals surface area contributed by atoms with Gasteiger partial charge in [-0.25, -0.2) is 4.68 Å². The number of carbonyl (C=O) groups is 1. The minimum absolute atomic E-state index is 0. The first kappa shape index (κ1) is 20.4. The summed E-state index contributed by atoms with van der Waals surface area (Å²) in [4.78, 5) is 17.0. The Kier molecular flexibility index (Phi) is 7.49. The molecule has 1 saturated carbocycles. The van der Waals surface area contributed by atoms with Crippen molar-refractivity contribution in [2.45, 2.75) is 31.7 Å². The van der Waals surface area contributed by atoms with Gasteiger partial charge < -0.3 is 10.2 Å². The smallest absolute Gasteiger partial charge is 0.276 e. The van der Waals surface area contributed by atoms with Crippen molar-refractivity contribution in [3.05, 3.63) is 11.9 Å². The fourth-order valence-corrected chi connectivity index (χ4v) is 3.59. The van der Waals surface area contributed by atoms with E-state index in [1.54, 1.807) is 0 Å².